The molecule has 1 atom stereocenters. The SMILES string of the molecule is CC1SC=[C]C1=C(F)F. The zero-order chi connectivity index (χ0) is 6.85. The van der Waals surface area contributed by atoms with Crippen LogP contribution in [0.5, 0.6) is 0 Å². The summed E-state index contributed by atoms with van der Waals surface area (Å²) in [6, 6.07) is 0. The number of halogens is 2. The van der Waals surface area contributed by atoms with Crippen molar-refractivity contribution >= 4 is 11.8 Å². The van der Waals surface area contributed by atoms with E-state index in [0.717, 1.165) is 0 Å². The molecule has 1 unspecified atom stereocenters. The van der Waals surface area contributed by atoms with Crippen LogP contribution in [0.15, 0.2) is 17.1 Å². The molecule has 9 heavy (non-hydrogen) atoms. The summed E-state index contributed by atoms with van der Waals surface area (Å²) in [7, 11) is 0. The van der Waals surface area contributed by atoms with Crippen LogP contribution in [-0.2, 0) is 0 Å². The van der Waals surface area contributed by atoms with E-state index in [1.54, 1.807) is 12.3 Å². The van der Waals surface area contributed by atoms with Crippen LogP contribution in [0.25, 0.3) is 0 Å². The van der Waals surface area contributed by atoms with E-state index in [-0.39, 0.29) is 10.8 Å². The summed E-state index contributed by atoms with van der Waals surface area (Å²) in [5.41, 5.74) is 0.0417. The van der Waals surface area contributed by atoms with Gasteiger partial charge in [-0.3, -0.25) is 0 Å². The van der Waals surface area contributed by atoms with Gasteiger partial charge in [0, 0.05) is 10.8 Å². The lowest BCUT2D eigenvalue weighted by molar-refractivity contribution is 0.412. The smallest absolute Gasteiger partial charge is 0.173 e. The lowest BCUT2D eigenvalue weighted by Gasteiger charge is -1.98. The second kappa shape index (κ2) is 2.52. The highest BCUT2D eigenvalue weighted by Gasteiger charge is 2.16. The quantitative estimate of drug-likeness (QED) is 0.507. The van der Waals surface area contributed by atoms with Gasteiger partial charge in [-0.2, -0.15) is 8.78 Å². The van der Waals surface area contributed by atoms with Crippen molar-refractivity contribution in [3.8, 4) is 0 Å². The molecule has 1 rings (SSSR count). The molecule has 0 saturated carbocycles. The molecule has 0 saturated heterocycles. The second-order valence-corrected chi connectivity index (χ2v) is 2.93. The van der Waals surface area contributed by atoms with Gasteiger partial charge in [0.15, 0.2) is 0 Å². The number of rotatable bonds is 0. The number of hydrogen-bond acceptors (Lipinski definition) is 1. The van der Waals surface area contributed by atoms with Gasteiger partial charge in [0.1, 0.15) is 0 Å². The van der Waals surface area contributed by atoms with Gasteiger partial charge in [0.25, 0.3) is 6.08 Å². The normalized spacial score (nSPS) is 25.2. The van der Waals surface area contributed by atoms with Crippen molar-refractivity contribution in [3.05, 3.63) is 23.1 Å². The van der Waals surface area contributed by atoms with E-state index >= 15 is 0 Å². The topological polar surface area (TPSA) is 0 Å². The molecule has 0 nitrogen and oxygen atoms in total. The maximum Gasteiger partial charge on any atom is 0.275 e. The van der Waals surface area contributed by atoms with Crippen molar-refractivity contribution in [1.82, 2.24) is 0 Å². The Morgan fingerprint density at radius 3 is 2.67 bits per heavy atom. The molecule has 1 radical (unpaired) electrons. The second-order valence-electron chi connectivity index (χ2n) is 1.71. The van der Waals surface area contributed by atoms with Crippen molar-refractivity contribution in [2.75, 3.05) is 0 Å². The first-order valence-corrected chi connectivity index (χ1v) is 3.45. The first-order valence-electron chi connectivity index (χ1n) is 2.50. The number of hydrogen-bond donors (Lipinski definition) is 0. The minimum atomic E-state index is -1.61. The summed E-state index contributed by atoms with van der Waals surface area (Å²) < 4.78 is 23.5. The molecular formula is C6H5F2S. The van der Waals surface area contributed by atoms with E-state index in [0.29, 0.717) is 0 Å². The molecule has 1 aliphatic heterocycles. The summed E-state index contributed by atoms with van der Waals surface area (Å²) in [5.74, 6) is 0. The van der Waals surface area contributed by atoms with E-state index in [4.69, 9.17) is 0 Å². The van der Waals surface area contributed by atoms with Crippen LogP contribution in [0, 0.1) is 6.08 Å². The number of allylic oxidation sites excluding steroid dienone is 1. The summed E-state index contributed by atoms with van der Waals surface area (Å²) in [5, 5.41) is 1.45. The molecule has 1 heterocycles. The molecule has 49 valence electrons. The van der Waals surface area contributed by atoms with E-state index in [1.807, 2.05) is 0 Å². The monoisotopic (exact) mass is 147 g/mol. The minimum absolute atomic E-state index is 0.0417. The Bertz CT molecular complexity index is 168. The average molecular weight is 147 g/mol. The predicted molar refractivity (Wildman–Crippen MR) is 34.1 cm³/mol. The third-order valence-electron chi connectivity index (χ3n) is 1.10. The van der Waals surface area contributed by atoms with Crippen molar-refractivity contribution in [2.45, 2.75) is 12.2 Å². The predicted octanol–water partition coefficient (Wildman–Crippen LogP) is 2.59. The van der Waals surface area contributed by atoms with Gasteiger partial charge in [0.2, 0.25) is 0 Å². The molecule has 0 fully saturated rings. The molecule has 0 aromatic rings. The third-order valence-corrected chi connectivity index (χ3v) is 1.99. The van der Waals surface area contributed by atoms with E-state index in [2.05, 4.69) is 6.08 Å². The zero-order valence-electron chi connectivity index (χ0n) is 4.82. The van der Waals surface area contributed by atoms with E-state index in [1.165, 1.54) is 11.8 Å². The highest BCUT2D eigenvalue weighted by molar-refractivity contribution is 8.03. The molecule has 1 aliphatic rings. The minimum Gasteiger partial charge on any atom is -0.173 e. The van der Waals surface area contributed by atoms with Gasteiger partial charge in [-0.05, 0) is 18.4 Å². The van der Waals surface area contributed by atoms with Crippen LogP contribution >= 0.6 is 11.8 Å². The Morgan fingerprint density at radius 2 is 2.44 bits per heavy atom. The van der Waals surface area contributed by atoms with E-state index < -0.39 is 6.08 Å². The Kier molecular flexibility index (Phi) is 1.90. The molecule has 0 aromatic heterocycles. The maximum atomic E-state index is 11.8. The van der Waals surface area contributed by atoms with Gasteiger partial charge >= 0.3 is 0 Å². The molecule has 0 aromatic carbocycles. The fourth-order valence-electron chi connectivity index (χ4n) is 0.593. The Balaban J connectivity index is 2.82. The first kappa shape index (κ1) is 6.81. The van der Waals surface area contributed by atoms with E-state index in [9.17, 15) is 8.78 Å². The molecule has 0 spiro atoms. The van der Waals surface area contributed by atoms with Gasteiger partial charge in [0.05, 0.1) is 0 Å². The van der Waals surface area contributed by atoms with Crippen molar-refractivity contribution < 1.29 is 8.78 Å². The fourth-order valence-corrected chi connectivity index (χ4v) is 1.29. The van der Waals surface area contributed by atoms with Crippen molar-refractivity contribution in [1.29, 1.82) is 0 Å². The summed E-state index contributed by atoms with van der Waals surface area (Å²) in [6.45, 7) is 1.73. The highest BCUT2D eigenvalue weighted by Crippen LogP contribution is 2.30. The summed E-state index contributed by atoms with van der Waals surface area (Å²) in [6.07, 6.45) is 0.866. The van der Waals surface area contributed by atoms with Gasteiger partial charge in [-0.1, -0.05) is 0 Å². The third kappa shape index (κ3) is 1.33. The average Bonchev–Trinajstić information content (AvgIpc) is 2.13. The van der Waals surface area contributed by atoms with Crippen LogP contribution in [-0.4, -0.2) is 5.25 Å². The van der Waals surface area contributed by atoms with Gasteiger partial charge in [-0.15, -0.1) is 11.8 Å². The zero-order valence-corrected chi connectivity index (χ0v) is 5.64. The molecule has 0 bridgehead atoms. The van der Waals surface area contributed by atoms with Gasteiger partial charge in [-0.25, -0.2) is 0 Å². The maximum absolute atomic E-state index is 11.8. The van der Waals surface area contributed by atoms with Crippen LogP contribution in [0.1, 0.15) is 6.92 Å². The van der Waals surface area contributed by atoms with Crippen LogP contribution in [0.3, 0.4) is 0 Å². The van der Waals surface area contributed by atoms with Gasteiger partial charge < -0.3 is 0 Å². The van der Waals surface area contributed by atoms with Crippen LogP contribution < -0.4 is 0 Å². The molecular weight excluding hydrogens is 142 g/mol. The lowest BCUT2D eigenvalue weighted by Crippen LogP contribution is -1.93. The summed E-state index contributed by atoms with van der Waals surface area (Å²) >= 11 is 1.36. The lowest BCUT2D eigenvalue weighted by atomic mass is 10.2. The molecule has 0 N–H and O–H groups in total. The molecule has 0 aliphatic carbocycles. The Labute approximate surface area is 56.6 Å². The number of thioether (sulfide) groups is 1. The van der Waals surface area contributed by atoms with Crippen LogP contribution in [0.4, 0.5) is 8.78 Å². The van der Waals surface area contributed by atoms with Crippen LogP contribution in [0.2, 0.25) is 0 Å². The Morgan fingerprint density at radius 1 is 1.78 bits per heavy atom. The largest absolute Gasteiger partial charge is 0.275 e. The molecule has 3 heteroatoms. The standard InChI is InChI=1S/C6H5F2S/c1-4-5(6(7)8)2-3-9-4/h3-4H,1H3. The highest BCUT2D eigenvalue weighted by atomic mass is 32.2. The van der Waals surface area contributed by atoms with Crippen molar-refractivity contribution in [2.24, 2.45) is 0 Å². The van der Waals surface area contributed by atoms with Crippen molar-refractivity contribution in [3.63, 3.8) is 0 Å². The summed E-state index contributed by atoms with van der Waals surface area (Å²) in [4.78, 5) is 0. The molecule has 0 amide bonds. The Hall–Kier alpha value is -0.310. The first-order chi connectivity index (χ1) is 4.22. The fraction of sp³-hybridized carbons (Fsp3) is 0.333.